The van der Waals surface area contributed by atoms with Crippen LogP contribution < -0.4 is 10.1 Å². The van der Waals surface area contributed by atoms with E-state index in [0.717, 1.165) is 12.3 Å². The van der Waals surface area contributed by atoms with Crippen LogP contribution in [0.2, 0.25) is 0 Å². The number of ether oxygens (including phenoxy) is 1. The van der Waals surface area contributed by atoms with E-state index in [1.807, 2.05) is 0 Å². The summed E-state index contributed by atoms with van der Waals surface area (Å²) in [6.07, 6.45) is 5.04. The third-order valence-corrected chi connectivity index (χ3v) is 4.37. The van der Waals surface area contributed by atoms with Crippen molar-refractivity contribution in [3.8, 4) is 5.75 Å². The summed E-state index contributed by atoms with van der Waals surface area (Å²) in [4.78, 5) is 0. The highest BCUT2D eigenvalue weighted by atomic mass is 16.5. The van der Waals surface area contributed by atoms with Crippen molar-refractivity contribution in [1.82, 2.24) is 5.32 Å². The van der Waals surface area contributed by atoms with E-state index in [4.69, 9.17) is 4.74 Å². The van der Waals surface area contributed by atoms with E-state index in [-0.39, 0.29) is 0 Å². The molecule has 0 saturated heterocycles. The Morgan fingerprint density at radius 1 is 1.14 bits per heavy atom. The maximum Gasteiger partial charge on any atom is 0.124 e. The largest absolute Gasteiger partial charge is 0.496 e. The Labute approximate surface area is 131 Å². The van der Waals surface area contributed by atoms with Gasteiger partial charge >= 0.3 is 0 Å². The first-order chi connectivity index (χ1) is 10.1. The highest BCUT2D eigenvalue weighted by Crippen LogP contribution is 2.37. The Balaban J connectivity index is 3.20. The first-order valence-corrected chi connectivity index (χ1v) is 8.47. The highest BCUT2D eigenvalue weighted by Gasteiger charge is 2.25. The molecule has 0 fully saturated rings. The van der Waals surface area contributed by atoms with Crippen molar-refractivity contribution in [3.05, 3.63) is 28.8 Å². The Hall–Kier alpha value is -1.02. The Bertz CT molecular complexity index is 428. The molecule has 1 aromatic carbocycles. The average molecular weight is 291 g/mol. The van der Waals surface area contributed by atoms with E-state index in [9.17, 15) is 0 Å². The molecule has 0 saturated carbocycles. The fraction of sp³-hybridized carbons (Fsp3) is 0.684. The third-order valence-electron chi connectivity index (χ3n) is 4.37. The molecule has 0 amide bonds. The SMILES string of the molecule is CCCCC(CC)C(NCC)c1c(C)cc(C)cc1OC. The highest BCUT2D eigenvalue weighted by molar-refractivity contribution is 5.45. The minimum absolute atomic E-state index is 0.391. The van der Waals surface area contributed by atoms with Gasteiger partial charge in [0.25, 0.3) is 0 Å². The van der Waals surface area contributed by atoms with Gasteiger partial charge in [0.15, 0.2) is 0 Å². The maximum absolute atomic E-state index is 5.69. The summed E-state index contributed by atoms with van der Waals surface area (Å²) in [7, 11) is 1.79. The number of aryl methyl sites for hydroxylation is 2. The van der Waals surface area contributed by atoms with E-state index in [1.54, 1.807) is 7.11 Å². The molecular weight excluding hydrogens is 258 g/mol. The normalized spacial score (nSPS) is 14.0. The first kappa shape index (κ1) is 18.0. The van der Waals surface area contributed by atoms with Crippen molar-refractivity contribution in [2.75, 3.05) is 13.7 Å². The number of nitrogens with one attached hydrogen (secondary N) is 1. The van der Waals surface area contributed by atoms with Crippen molar-refractivity contribution in [1.29, 1.82) is 0 Å². The number of hydrogen-bond donors (Lipinski definition) is 1. The van der Waals surface area contributed by atoms with E-state index in [1.165, 1.54) is 42.4 Å². The van der Waals surface area contributed by atoms with E-state index in [2.05, 4.69) is 52.1 Å². The van der Waals surface area contributed by atoms with E-state index in [0.29, 0.717) is 12.0 Å². The maximum atomic E-state index is 5.69. The van der Waals surface area contributed by atoms with Crippen LogP contribution in [0.15, 0.2) is 12.1 Å². The van der Waals surface area contributed by atoms with Crippen LogP contribution in [0.4, 0.5) is 0 Å². The van der Waals surface area contributed by atoms with Gasteiger partial charge < -0.3 is 10.1 Å². The molecule has 120 valence electrons. The second kappa shape index (κ2) is 9.09. The quantitative estimate of drug-likeness (QED) is 0.677. The van der Waals surface area contributed by atoms with Gasteiger partial charge in [0, 0.05) is 11.6 Å². The zero-order chi connectivity index (χ0) is 15.8. The van der Waals surface area contributed by atoms with Gasteiger partial charge in [-0.15, -0.1) is 0 Å². The molecule has 0 bridgehead atoms. The van der Waals surface area contributed by atoms with E-state index >= 15 is 0 Å². The van der Waals surface area contributed by atoms with Gasteiger partial charge in [-0.2, -0.15) is 0 Å². The summed E-state index contributed by atoms with van der Waals surface area (Å²) in [5, 5.41) is 3.71. The minimum Gasteiger partial charge on any atom is -0.496 e. The Morgan fingerprint density at radius 2 is 1.86 bits per heavy atom. The molecule has 0 aliphatic heterocycles. The lowest BCUT2D eigenvalue weighted by Crippen LogP contribution is -2.29. The topological polar surface area (TPSA) is 21.3 Å². The fourth-order valence-corrected chi connectivity index (χ4v) is 3.30. The average Bonchev–Trinajstić information content (AvgIpc) is 2.46. The van der Waals surface area contributed by atoms with Crippen LogP contribution in [0.1, 0.15) is 69.2 Å². The molecule has 2 heteroatoms. The first-order valence-electron chi connectivity index (χ1n) is 8.47. The van der Waals surface area contributed by atoms with Gasteiger partial charge in [-0.25, -0.2) is 0 Å². The lowest BCUT2D eigenvalue weighted by atomic mass is 9.84. The molecular formula is C19H33NO. The Kier molecular flexibility index (Phi) is 7.81. The van der Waals surface area contributed by atoms with Crippen LogP contribution in [-0.2, 0) is 0 Å². The van der Waals surface area contributed by atoms with Gasteiger partial charge in [0.05, 0.1) is 7.11 Å². The summed E-state index contributed by atoms with van der Waals surface area (Å²) < 4.78 is 5.69. The van der Waals surface area contributed by atoms with Crippen molar-refractivity contribution >= 4 is 0 Å². The molecule has 0 radical (unpaired) electrons. The molecule has 1 rings (SSSR count). The minimum atomic E-state index is 0.391. The van der Waals surface area contributed by atoms with Gasteiger partial charge in [0.1, 0.15) is 5.75 Å². The molecule has 0 spiro atoms. The zero-order valence-electron chi connectivity index (χ0n) is 14.8. The smallest absolute Gasteiger partial charge is 0.124 e. The van der Waals surface area contributed by atoms with Crippen LogP contribution in [0.25, 0.3) is 0 Å². The van der Waals surface area contributed by atoms with Crippen LogP contribution in [-0.4, -0.2) is 13.7 Å². The molecule has 0 heterocycles. The number of rotatable bonds is 9. The van der Waals surface area contributed by atoms with Crippen LogP contribution in [0, 0.1) is 19.8 Å². The molecule has 1 aromatic rings. The second-order valence-electron chi connectivity index (χ2n) is 6.04. The third kappa shape index (κ3) is 4.74. The summed E-state index contributed by atoms with van der Waals surface area (Å²) in [5.74, 6) is 1.70. The number of benzene rings is 1. The lowest BCUT2D eigenvalue weighted by molar-refractivity contribution is 0.314. The number of methoxy groups -OCH3 is 1. The summed E-state index contributed by atoms with van der Waals surface area (Å²) in [6, 6.07) is 4.83. The molecule has 0 aliphatic rings. The van der Waals surface area contributed by atoms with Crippen LogP contribution in [0.3, 0.4) is 0 Å². The number of hydrogen-bond acceptors (Lipinski definition) is 2. The molecule has 0 aliphatic carbocycles. The van der Waals surface area contributed by atoms with Gasteiger partial charge in [-0.3, -0.25) is 0 Å². The van der Waals surface area contributed by atoms with E-state index < -0.39 is 0 Å². The van der Waals surface area contributed by atoms with Gasteiger partial charge in [-0.1, -0.05) is 46.1 Å². The monoisotopic (exact) mass is 291 g/mol. The standard InChI is InChI=1S/C19H33NO/c1-7-10-11-16(8-2)19(20-9-3)18-15(5)12-14(4)13-17(18)21-6/h12-13,16,19-20H,7-11H2,1-6H3. The summed E-state index contributed by atoms with van der Waals surface area (Å²) in [5.41, 5.74) is 3.96. The molecule has 2 unspecified atom stereocenters. The van der Waals surface area contributed by atoms with Crippen molar-refractivity contribution in [2.24, 2.45) is 5.92 Å². The van der Waals surface area contributed by atoms with Crippen molar-refractivity contribution in [2.45, 2.75) is 66.3 Å². The molecule has 2 atom stereocenters. The predicted molar refractivity (Wildman–Crippen MR) is 92.2 cm³/mol. The second-order valence-corrected chi connectivity index (χ2v) is 6.04. The van der Waals surface area contributed by atoms with Crippen molar-refractivity contribution < 1.29 is 4.74 Å². The molecule has 2 nitrogen and oxygen atoms in total. The number of unbranched alkanes of at least 4 members (excludes halogenated alkanes) is 1. The van der Waals surface area contributed by atoms with Crippen molar-refractivity contribution in [3.63, 3.8) is 0 Å². The van der Waals surface area contributed by atoms with Crippen LogP contribution in [0.5, 0.6) is 5.75 Å². The lowest BCUT2D eigenvalue weighted by Gasteiger charge is -2.30. The zero-order valence-corrected chi connectivity index (χ0v) is 14.8. The van der Waals surface area contributed by atoms with Crippen LogP contribution >= 0.6 is 0 Å². The van der Waals surface area contributed by atoms with Gasteiger partial charge in [0.2, 0.25) is 0 Å². The van der Waals surface area contributed by atoms with Gasteiger partial charge in [-0.05, 0) is 49.9 Å². The summed E-state index contributed by atoms with van der Waals surface area (Å²) >= 11 is 0. The molecule has 21 heavy (non-hydrogen) atoms. The molecule has 0 aromatic heterocycles. The fourth-order valence-electron chi connectivity index (χ4n) is 3.30. The summed E-state index contributed by atoms with van der Waals surface area (Å²) in [6.45, 7) is 12.1. The Morgan fingerprint density at radius 3 is 2.38 bits per heavy atom. The molecule has 1 N–H and O–H groups in total. The predicted octanol–water partition coefficient (Wildman–Crippen LogP) is 5.18.